The van der Waals surface area contributed by atoms with E-state index in [1.54, 1.807) is 10.7 Å². The zero-order chi connectivity index (χ0) is 17.8. The van der Waals surface area contributed by atoms with Crippen LogP contribution in [0, 0.1) is 11.7 Å². The summed E-state index contributed by atoms with van der Waals surface area (Å²) in [7, 11) is 2.90. The Balaban J connectivity index is 1.71. The Morgan fingerprint density at radius 2 is 2.04 bits per heavy atom. The molecule has 0 bridgehead atoms. The van der Waals surface area contributed by atoms with Crippen LogP contribution in [0.3, 0.4) is 0 Å². The molecular formula is C16H20FN5O3. The summed E-state index contributed by atoms with van der Waals surface area (Å²) >= 11 is 0. The molecule has 0 aliphatic carbocycles. The van der Waals surface area contributed by atoms with E-state index in [4.69, 9.17) is 9.47 Å². The topological polar surface area (TPSA) is 82.4 Å². The monoisotopic (exact) mass is 349 g/mol. The molecule has 0 saturated carbocycles. The van der Waals surface area contributed by atoms with Gasteiger partial charge in [-0.2, -0.15) is 0 Å². The molecule has 2 heterocycles. The maximum atomic E-state index is 13.7. The smallest absolute Gasteiger partial charge is 0.308 e. The number of carbonyl (C=O) groups is 1. The summed E-state index contributed by atoms with van der Waals surface area (Å²) in [5, 5.41) is 11.8. The molecule has 0 N–H and O–H groups in total. The van der Waals surface area contributed by atoms with Crippen molar-refractivity contribution in [1.29, 1.82) is 0 Å². The van der Waals surface area contributed by atoms with Crippen LogP contribution in [-0.4, -0.2) is 53.5 Å². The van der Waals surface area contributed by atoms with E-state index in [2.05, 4.69) is 15.5 Å². The first kappa shape index (κ1) is 17.1. The van der Waals surface area contributed by atoms with Crippen LogP contribution in [0.15, 0.2) is 18.2 Å². The number of benzene rings is 1. The molecule has 134 valence electrons. The van der Waals surface area contributed by atoms with Gasteiger partial charge in [-0.3, -0.25) is 4.79 Å². The average molecular weight is 349 g/mol. The van der Waals surface area contributed by atoms with Gasteiger partial charge in [0.1, 0.15) is 11.6 Å². The van der Waals surface area contributed by atoms with Crippen LogP contribution in [0.25, 0.3) is 0 Å². The number of esters is 1. The molecule has 1 fully saturated rings. The third kappa shape index (κ3) is 3.86. The maximum Gasteiger partial charge on any atom is 0.308 e. The molecule has 0 radical (unpaired) electrons. The van der Waals surface area contributed by atoms with Gasteiger partial charge in [0.25, 0.3) is 0 Å². The number of tetrazole rings is 1. The lowest BCUT2D eigenvalue weighted by atomic mass is 9.97. The van der Waals surface area contributed by atoms with E-state index >= 15 is 0 Å². The van der Waals surface area contributed by atoms with Gasteiger partial charge in [-0.25, -0.2) is 9.07 Å². The van der Waals surface area contributed by atoms with Crippen LogP contribution in [0.1, 0.15) is 18.4 Å². The van der Waals surface area contributed by atoms with Gasteiger partial charge in [0.05, 0.1) is 26.7 Å². The summed E-state index contributed by atoms with van der Waals surface area (Å²) in [5.41, 5.74) is 0.704. The third-order valence-corrected chi connectivity index (χ3v) is 4.32. The molecule has 1 aliphatic heterocycles. The van der Waals surface area contributed by atoms with Gasteiger partial charge in [0.15, 0.2) is 0 Å². The number of halogens is 1. The second kappa shape index (κ2) is 7.45. The van der Waals surface area contributed by atoms with Gasteiger partial charge < -0.3 is 14.4 Å². The molecule has 9 heteroatoms. The molecule has 25 heavy (non-hydrogen) atoms. The first-order chi connectivity index (χ1) is 12.1. The van der Waals surface area contributed by atoms with Gasteiger partial charge in [-0.05, 0) is 41.0 Å². The fraction of sp³-hybridized carbons (Fsp3) is 0.500. The first-order valence-electron chi connectivity index (χ1n) is 8.03. The summed E-state index contributed by atoms with van der Waals surface area (Å²) in [6.07, 6.45) is 1.38. The third-order valence-electron chi connectivity index (χ3n) is 4.32. The molecule has 0 atom stereocenters. The highest BCUT2D eigenvalue weighted by molar-refractivity contribution is 5.72. The van der Waals surface area contributed by atoms with Crippen molar-refractivity contribution in [2.24, 2.45) is 5.92 Å². The Labute approximate surface area is 144 Å². The highest BCUT2D eigenvalue weighted by Gasteiger charge is 2.28. The van der Waals surface area contributed by atoms with Crippen LogP contribution < -0.4 is 9.64 Å². The number of piperidine rings is 1. The normalized spacial score (nSPS) is 15.2. The zero-order valence-corrected chi connectivity index (χ0v) is 14.2. The van der Waals surface area contributed by atoms with Crippen LogP contribution >= 0.6 is 0 Å². The second-order valence-electron chi connectivity index (χ2n) is 5.92. The molecule has 2 aromatic rings. The van der Waals surface area contributed by atoms with Crippen LogP contribution in [0.4, 0.5) is 10.3 Å². The zero-order valence-electron chi connectivity index (χ0n) is 14.2. The lowest BCUT2D eigenvalue weighted by Gasteiger charge is -2.30. The highest BCUT2D eigenvalue weighted by atomic mass is 19.1. The summed E-state index contributed by atoms with van der Waals surface area (Å²) in [4.78, 5) is 13.7. The Hall–Kier alpha value is -2.71. The predicted molar refractivity (Wildman–Crippen MR) is 86.8 cm³/mol. The molecule has 8 nitrogen and oxygen atoms in total. The Bertz CT molecular complexity index is 743. The van der Waals surface area contributed by atoms with Gasteiger partial charge in [-0.15, -0.1) is 0 Å². The van der Waals surface area contributed by atoms with Crippen molar-refractivity contribution in [3.63, 3.8) is 0 Å². The number of hydrogen-bond acceptors (Lipinski definition) is 7. The number of anilines is 1. The second-order valence-corrected chi connectivity index (χ2v) is 5.92. The van der Waals surface area contributed by atoms with Crippen molar-refractivity contribution in [1.82, 2.24) is 20.2 Å². The quantitative estimate of drug-likeness (QED) is 0.752. The fourth-order valence-electron chi connectivity index (χ4n) is 3.01. The van der Waals surface area contributed by atoms with E-state index in [0.29, 0.717) is 49.7 Å². The molecule has 0 spiro atoms. The van der Waals surface area contributed by atoms with Gasteiger partial charge in [0.2, 0.25) is 5.95 Å². The van der Waals surface area contributed by atoms with E-state index < -0.39 is 0 Å². The molecular weight excluding hydrogens is 329 g/mol. The van der Waals surface area contributed by atoms with Crippen molar-refractivity contribution in [3.8, 4) is 5.75 Å². The number of nitrogens with zero attached hydrogens (tertiary/aromatic N) is 5. The lowest BCUT2D eigenvalue weighted by molar-refractivity contribution is -0.146. The number of rotatable bonds is 5. The van der Waals surface area contributed by atoms with Crippen molar-refractivity contribution >= 4 is 11.9 Å². The summed E-state index contributed by atoms with van der Waals surface area (Å²) in [6.45, 7) is 1.65. The van der Waals surface area contributed by atoms with E-state index in [-0.39, 0.29) is 17.7 Å². The number of ether oxygens (including phenoxy) is 2. The summed E-state index contributed by atoms with van der Waals surface area (Å²) < 4.78 is 25.2. The number of hydrogen-bond donors (Lipinski definition) is 0. The molecule has 1 aliphatic rings. The number of aromatic nitrogens is 4. The molecule has 1 aromatic carbocycles. The lowest BCUT2D eigenvalue weighted by Crippen LogP contribution is -2.38. The molecule has 0 amide bonds. The molecule has 0 unspecified atom stereocenters. The summed E-state index contributed by atoms with van der Waals surface area (Å²) in [5.74, 6) is 0.419. The largest absolute Gasteiger partial charge is 0.497 e. The van der Waals surface area contributed by atoms with Gasteiger partial charge in [0, 0.05) is 19.2 Å². The number of methoxy groups -OCH3 is 2. The minimum absolute atomic E-state index is 0.0851. The van der Waals surface area contributed by atoms with Crippen molar-refractivity contribution in [3.05, 3.63) is 29.6 Å². The maximum absolute atomic E-state index is 13.7. The summed E-state index contributed by atoms with van der Waals surface area (Å²) in [6, 6.07) is 4.50. The highest BCUT2D eigenvalue weighted by Crippen LogP contribution is 2.23. The Kier molecular flexibility index (Phi) is 5.11. The standard InChI is InChI=1S/C16H20FN5O3/c1-24-14-8-11(7-13(17)9-14)10-22-16(18-19-20-22)21-5-3-12(4-6-21)15(23)25-2/h7-9,12H,3-6,10H2,1-2H3. The van der Waals surface area contributed by atoms with Crippen molar-refractivity contribution in [2.45, 2.75) is 19.4 Å². The molecule has 1 saturated heterocycles. The van der Waals surface area contributed by atoms with Crippen LogP contribution in [0.5, 0.6) is 5.75 Å². The van der Waals surface area contributed by atoms with Crippen molar-refractivity contribution in [2.75, 3.05) is 32.2 Å². The minimum Gasteiger partial charge on any atom is -0.497 e. The molecule has 3 rings (SSSR count). The average Bonchev–Trinajstić information content (AvgIpc) is 3.08. The number of carbonyl (C=O) groups excluding carboxylic acids is 1. The van der Waals surface area contributed by atoms with Gasteiger partial charge in [-0.1, -0.05) is 5.10 Å². The van der Waals surface area contributed by atoms with Crippen molar-refractivity contribution < 1.29 is 18.7 Å². The van der Waals surface area contributed by atoms with Crippen LogP contribution in [0.2, 0.25) is 0 Å². The Morgan fingerprint density at radius 1 is 1.28 bits per heavy atom. The SMILES string of the molecule is COC(=O)C1CCN(c2nnnn2Cc2cc(F)cc(OC)c2)CC1. The van der Waals surface area contributed by atoms with Crippen LogP contribution in [-0.2, 0) is 16.1 Å². The van der Waals surface area contributed by atoms with E-state index in [0.717, 1.165) is 0 Å². The predicted octanol–water partition coefficient (Wildman–Crippen LogP) is 1.26. The fourth-order valence-corrected chi connectivity index (χ4v) is 3.01. The van der Waals surface area contributed by atoms with E-state index in [1.807, 2.05) is 4.90 Å². The minimum atomic E-state index is -0.372. The Morgan fingerprint density at radius 3 is 2.72 bits per heavy atom. The van der Waals surface area contributed by atoms with Gasteiger partial charge >= 0.3 is 5.97 Å². The first-order valence-corrected chi connectivity index (χ1v) is 8.03. The molecule has 1 aromatic heterocycles. The van der Waals surface area contributed by atoms with E-state index in [1.165, 1.54) is 26.4 Å². The van der Waals surface area contributed by atoms with E-state index in [9.17, 15) is 9.18 Å².